The van der Waals surface area contributed by atoms with Gasteiger partial charge < -0.3 is 9.64 Å². The lowest BCUT2D eigenvalue weighted by molar-refractivity contribution is -0.149. The lowest BCUT2D eigenvalue weighted by atomic mass is 10.1. The van der Waals surface area contributed by atoms with Crippen LogP contribution in [0, 0.1) is 0 Å². The fraction of sp³-hybridized carbons (Fsp3) is 0.161. The lowest BCUT2D eigenvalue weighted by Crippen LogP contribution is -2.40. The average molecular weight is 617 g/mol. The van der Waals surface area contributed by atoms with Crippen molar-refractivity contribution < 1.29 is 28.3 Å². The van der Waals surface area contributed by atoms with Crippen molar-refractivity contribution in [1.82, 2.24) is 19.4 Å². The number of carbonyl (C=O) groups excluding carboxylic acids is 2. The van der Waals surface area contributed by atoms with Crippen LogP contribution in [0.5, 0.6) is 5.75 Å². The predicted molar refractivity (Wildman–Crippen MR) is 161 cm³/mol. The summed E-state index contributed by atoms with van der Waals surface area (Å²) in [4.78, 5) is 46.9. The third kappa shape index (κ3) is 6.14. The van der Waals surface area contributed by atoms with Gasteiger partial charge in [0.15, 0.2) is 5.75 Å². The molecule has 0 radical (unpaired) electrons. The maximum absolute atomic E-state index is 13.1. The van der Waals surface area contributed by atoms with Crippen LogP contribution in [-0.2, 0) is 20.4 Å². The van der Waals surface area contributed by atoms with Gasteiger partial charge in [0, 0.05) is 59.5 Å². The third-order valence-electron chi connectivity index (χ3n) is 6.94. The molecule has 1 aliphatic heterocycles. The number of halogens is 1. The van der Waals surface area contributed by atoms with Crippen molar-refractivity contribution >= 4 is 45.2 Å². The van der Waals surface area contributed by atoms with E-state index in [0.717, 1.165) is 16.5 Å². The first kappa shape index (κ1) is 28.5. The van der Waals surface area contributed by atoms with E-state index in [0.29, 0.717) is 59.0 Å². The van der Waals surface area contributed by atoms with Crippen LogP contribution in [0.4, 0.5) is 0 Å². The molecule has 1 saturated heterocycles. The second-order valence-corrected chi connectivity index (χ2v) is 11.5. The summed E-state index contributed by atoms with van der Waals surface area (Å²) in [6, 6.07) is 18.6. The SMILES string of the molecule is CS(=O)c1cn(-c2ncc(-c3ccc(OOC(=O)c4cccc(Cl)c4)cc3)cn2)c2cc(C(=O)N3CCOCC3)ccc12. The Morgan fingerprint density at radius 3 is 2.37 bits per heavy atom. The maximum atomic E-state index is 13.1. The summed E-state index contributed by atoms with van der Waals surface area (Å²) in [5.41, 5.74) is 3.04. The number of ether oxygens (including phenoxy) is 1. The molecule has 0 saturated carbocycles. The molecule has 0 spiro atoms. The Hall–Kier alpha value is -4.58. The number of carbonyl (C=O) groups is 2. The van der Waals surface area contributed by atoms with Crippen LogP contribution in [0.1, 0.15) is 20.7 Å². The number of hydrogen-bond acceptors (Lipinski definition) is 8. The van der Waals surface area contributed by atoms with Gasteiger partial charge in [-0.05, 0) is 48.0 Å². The normalized spacial score (nSPS) is 14.0. The molecule has 5 aromatic rings. The first-order valence-corrected chi connectivity index (χ1v) is 15.2. The van der Waals surface area contributed by atoms with E-state index in [2.05, 4.69) is 9.97 Å². The van der Waals surface area contributed by atoms with Crippen LogP contribution in [0.3, 0.4) is 0 Å². The van der Waals surface area contributed by atoms with Crippen LogP contribution in [0.25, 0.3) is 28.0 Å². The van der Waals surface area contributed by atoms with Crippen molar-refractivity contribution in [2.45, 2.75) is 4.90 Å². The molecule has 1 fully saturated rings. The number of rotatable bonds is 7. The lowest BCUT2D eigenvalue weighted by Gasteiger charge is -2.26. The Morgan fingerprint density at radius 1 is 0.930 bits per heavy atom. The van der Waals surface area contributed by atoms with E-state index in [9.17, 15) is 13.8 Å². The van der Waals surface area contributed by atoms with Crippen molar-refractivity contribution in [1.29, 1.82) is 0 Å². The number of aromatic nitrogens is 3. The summed E-state index contributed by atoms with van der Waals surface area (Å²) >= 11 is 5.92. The standard InChI is InChI=1S/C31H25ClN4O6S/c1-43(39)28-19-36(27-16-21(7-10-26(27)28)29(37)35-11-13-40-14-12-35)31-33-17-23(18-34-31)20-5-8-25(9-6-20)41-42-30(38)22-3-2-4-24(32)15-22/h2-10,15-19H,11-14H2,1H3. The Morgan fingerprint density at radius 2 is 1.67 bits per heavy atom. The van der Waals surface area contributed by atoms with Gasteiger partial charge in [0.1, 0.15) is 0 Å². The highest BCUT2D eigenvalue weighted by Crippen LogP contribution is 2.29. The van der Waals surface area contributed by atoms with E-state index in [-0.39, 0.29) is 11.5 Å². The van der Waals surface area contributed by atoms with Gasteiger partial charge in [-0.15, -0.1) is 0 Å². The van der Waals surface area contributed by atoms with Crippen molar-refractivity contribution in [2.24, 2.45) is 0 Å². The topological polar surface area (TPSA) is 113 Å². The minimum atomic E-state index is -1.27. The molecule has 6 rings (SSSR count). The molecule has 218 valence electrons. The van der Waals surface area contributed by atoms with E-state index in [1.54, 1.807) is 88.9 Å². The van der Waals surface area contributed by atoms with E-state index in [1.165, 1.54) is 6.07 Å². The number of hydrogen-bond donors (Lipinski definition) is 0. The fourth-order valence-electron chi connectivity index (χ4n) is 4.72. The molecular formula is C31H25ClN4O6S. The highest BCUT2D eigenvalue weighted by atomic mass is 35.5. The molecular weight excluding hydrogens is 592 g/mol. The molecule has 10 nitrogen and oxygen atoms in total. The molecule has 0 aliphatic carbocycles. The highest BCUT2D eigenvalue weighted by Gasteiger charge is 2.21. The quantitative estimate of drug-likeness (QED) is 0.183. The van der Waals surface area contributed by atoms with Gasteiger partial charge in [0.25, 0.3) is 5.91 Å². The van der Waals surface area contributed by atoms with Crippen LogP contribution in [0.15, 0.2) is 90.2 Å². The second kappa shape index (κ2) is 12.3. The van der Waals surface area contributed by atoms with E-state index in [4.69, 9.17) is 26.1 Å². The summed E-state index contributed by atoms with van der Waals surface area (Å²) in [6.45, 7) is 2.09. The molecule has 1 unspecified atom stereocenters. The summed E-state index contributed by atoms with van der Waals surface area (Å²) < 4.78 is 19.7. The molecule has 1 atom stereocenters. The third-order valence-corrected chi connectivity index (χ3v) is 8.12. The van der Waals surface area contributed by atoms with Gasteiger partial charge in [-0.1, -0.05) is 35.9 Å². The van der Waals surface area contributed by atoms with Gasteiger partial charge in [-0.2, -0.15) is 0 Å². The summed E-state index contributed by atoms with van der Waals surface area (Å²) in [5.74, 6) is -0.0481. The van der Waals surface area contributed by atoms with Crippen LogP contribution >= 0.6 is 11.6 Å². The average Bonchev–Trinajstić information content (AvgIpc) is 3.43. The van der Waals surface area contributed by atoms with Gasteiger partial charge in [-0.3, -0.25) is 18.5 Å². The first-order valence-electron chi connectivity index (χ1n) is 13.3. The molecule has 43 heavy (non-hydrogen) atoms. The Kier molecular flexibility index (Phi) is 8.19. The van der Waals surface area contributed by atoms with Crippen molar-refractivity contribution in [3.05, 3.63) is 101 Å². The molecule has 0 N–H and O–H groups in total. The summed E-state index contributed by atoms with van der Waals surface area (Å²) in [5, 5.41) is 1.18. The Balaban J connectivity index is 1.21. The van der Waals surface area contributed by atoms with Crippen LogP contribution in [-0.4, -0.2) is 68.1 Å². The zero-order valence-corrected chi connectivity index (χ0v) is 24.5. The van der Waals surface area contributed by atoms with E-state index in [1.807, 2.05) is 6.07 Å². The van der Waals surface area contributed by atoms with Gasteiger partial charge in [-0.25, -0.2) is 19.7 Å². The highest BCUT2D eigenvalue weighted by molar-refractivity contribution is 7.84. The smallest absolute Gasteiger partial charge is 0.378 e. The fourth-order valence-corrected chi connectivity index (χ4v) is 5.65. The minimum Gasteiger partial charge on any atom is -0.378 e. The molecule has 1 amide bonds. The van der Waals surface area contributed by atoms with Gasteiger partial charge in [0.2, 0.25) is 5.95 Å². The van der Waals surface area contributed by atoms with E-state index < -0.39 is 16.8 Å². The molecule has 12 heteroatoms. The largest absolute Gasteiger partial charge is 0.386 e. The van der Waals surface area contributed by atoms with Gasteiger partial charge in [0.05, 0.1) is 40.0 Å². The number of amides is 1. The minimum absolute atomic E-state index is 0.0833. The van der Waals surface area contributed by atoms with Crippen molar-refractivity contribution in [2.75, 3.05) is 32.6 Å². The Bertz CT molecular complexity index is 1840. The number of fused-ring (bicyclic) bond motifs is 1. The van der Waals surface area contributed by atoms with Crippen LogP contribution < -0.4 is 4.89 Å². The predicted octanol–water partition coefficient (Wildman–Crippen LogP) is 5.10. The molecule has 3 heterocycles. The molecule has 3 aromatic carbocycles. The number of morpholine rings is 1. The second-order valence-electron chi connectivity index (χ2n) is 9.71. The molecule has 2 aromatic heterocycles. The Labute approximate surface area is 254 Å². The van der Waals surface area contributed by atoms with Crippen molar-refractivity contribution in [3.8, 4) is 22.8 Å². The van der Waals surface area contributed by atoms with Crippen LogP contribution in [0.2, 0.25) is 5.02 Å². The number of nitrogens with zero attached hydrogens (tertiary/aromatic N) is 4. The van der Waals surface area contributed by atoms with Gasteiger partial charge >= 0.3 is 5.97 Å². The van der Waals surface area contributed by atoms with Crippen molar-refractivity contribution in [3.63, 3.8) is 0 Å². The molecule has 1 aliphatic rings. The summed E-state index contributed by atoms with van der Waals surface area (Å²) in [6.07, 6.45) is 6.71. The summed E-state index contributed by atoms with van der Waals surface area (Å²) in [7, 11) is -1.27. The zero-order valence-electron chi connectivity index (χ0n) is 22.9. The monoisotopic (exact) mass is 616 g/mol. The first-order chi connectivity index (χ1) is 20.9. The van der Waals surface area contributed by atoms with E-state index >= 15 is 0 Å². The molecule has 0 bridgehead atoms. The number of benzene rings is 3. The zero-order chi connectivity index (χ0) is 29.9. The maximum Gasteiger partial charge on any atom is 0.386 e.